The molecular weight excluding hydrogens is 270 g/mol. The van der Waals surface area contributed by atoms with E-state index in [0.717, 1.165) is 0 Å². The molecule has 0 N–H and O–H groups in total. The number of rotatable bonds is 4. The molecule has 0 spiro atoms. The summed E-state index contributed by atoms with van der Waals surface area (Å²) in [4.78, 5) is 14.6. The molecule has 0 amide bonds. The summed E-state index contributed by atoms with van der Waals surface area (Å²) in [5.74, 6) is -0.267. The Balaban J connectivity index is 2.55. The predicted molar refractivity (Wildman–Crippen MR) is 67.3 cm³/mol. The molecule has 2 rings (SSSR count). The van der Waals surface area contributed by atoms with Crippen LogP contribution >= 0.6 is 0 Å². The standard InChI is InChI=1S/C11H9N3O4S/c15-14(16)13(11-8-4-5-9-12-11)19(17,18)10-6-2-1-3-7-10/h1-9H. The van der Waals surface area contributed by atoms with Crippen LogP contribution in [0.25, 0.3) is 0 Å². The summed E-state index contributed by atoms with van der Waals surface area (Å²) in [5.41, 5.74) is 0. The van der Waals surface area contributed by atoms with Gasteiger partial charge in [-0.2, -0.15) is 8.42 Å². The first-order valence-electron chi connectivity index (χ1n) is 5.19. The molecule has 0 aliphatic carbocycles. The molecule has 0 aliphatic heterocycles. The predicted octanol–water partition coefficient (Wildman–Crippen LogP) is 1.47. The first-order chi connectivity index (χ1) is 9.03. The van der Waals surface area contributed by atoms with Crippen LogP contribution in [0.2, 0.25) is 0 Å². The molecule has 0 atom stereocenters. The summed E-state index contributed by atoms with van der Waals surface area (Å²) >= 11 is 0. The Morgan fingerprint density at radius 3 is 2.21 bits per heavy atom. The van der Waals surface area contributed by atoms with Gasteiger partial charge in [0.2, 0.25) is 5.82 Å². The van der Waals surface area contributed by atoms with Crippen LogP contribution in [0.1, 0.15) is 0 Å². The fourth-order valence-electron chi connectivity index (χ4n) is 1.45. The lowest BCUT2D eigenvalue weighted by Gasteiger charge is -2.12. The molecular formula is C11H9N3O4S. The van der Waals surface area contributed by atoms with E-state index >= 15 is 0 Å². The molecule has 1 heterocycles. The van der Waals surface area contributed by atoms with Crippen LogP contribution in [-0.4, -0.2) is 18.4 Å². The highest BCUT2D eigenvalue weighted by Crippen LogP contribution is 2.21. The zero-order chi connectivity index (χ0) is 13.9. The molecule has 1 aromatic heterocycles. The molecule has 0 radical (unpaired) electrons. The molecule has 1 aromatic carbocycles. The quantitative estimate of drug-likeness (QED) is 0.624. The smallest absolute Gasteiger partial charge is 0.233 e. The molecule has 7 nitrogen and oxygen atoms in total. The lowest BCUT2D eigenvalue weighted by atomic mass is 10.4. The van der Waals surface area contributed by atoms with E-state index in [0.29, 0.717) is 0 Å². The van der Waals surface area contributed by atoms with E-state index in [-0.39, 0.29) is 15.1 Å². The van der Waals surface area contributed by atoms with Gasteiger partial charge in [-0.1, -0.05) is 24.3 Å². The van der Waals surface area contributed by atoms with Gasteiger partial charge in [-0.15, -0.1) is 0 Å². The van der Waals surface area contributed by atoms with Gasteiger partial charge in [0.25, 0.3) is 0 Å². The monoisotopic (exact) mass is 279 g/mol. The number of aromatic nitrogens is 1. The van der Waals surface area contributed by atoms with Crippen LogP contribution in [-0.2, 0) is 10.0 Å². The Kier molecular flexibility index (Phi) is 3.43. The second kappa shape index (κ2) is 5.02. The Morgan fingerprint density at radius 1 is 1.05 bits per heavy atom. The van der Waals surface area contributed by atoms with Gasteiger partial charge in [-0.25, -0.2) is 15.1 Å². The first-order valence-corrected chi connectivity index (χ1v) is 6.63. The molecule has 2 aromatic rings. The minimum Gasteiger partial charge on any atom is -0.233 e. The largest absolute Gasteiger partial charge is 0.319 e. The van der Waals surface area contributed by atoms with Crippen LogP contribution < -0.4 is 4.41 Å². The third-order valence-corrected chi connectivity index (χ3v) is 3.91. The van der Waals surface area contributed by atoms with E-state index in [1.54, 1.807) is 6.07 Å². The maximum Gasteiger partial charge on any atom is 0.319 e. The highest BCUT2D eigenvalue weighted by Gasteiger charge is 2.35. The minimum absolute atomic E-state index is 0.0579. The number of nitrogens with zero attached hydrogens (tertiary/aromatic N) is 3. The number of sulfonamides is 1. The normalized spacial score (nSPS) is 10.9. The number of benzene rings is 1. The van der Waals surface area contributed by atoms with E-state index in [4.69, 9.17) is 0 Å². The highest BCUT2D eigenvalue weighted by molar-refractivity contribution is 7.92. The van der Waals surface area contributed by atoms with Gasteiger partial charge in [0.15, 0.2) is 5.03 Å². The van der Waals surface area contributed by atoms with Crippen LogP contribution in [0.4, 0.5) is 5.82 Å². The van der Waals surface area contributed by atoms with E-state index < -0.39 is 15.1 Å². The molecule has 0 saturated carbocycles. The number of anilines is 1. The number of hydrogen-bond acceptors (Lipinski definition) is 5. The van der Waals surface area contributed by atoms with Gasteiger partial charge < -0.3 is 0 Å². The Morgan fingerprint density at radius 2 is 1.68 bits per heavy atom. The number of nitro groups is 1. The number of hydrazine groups is 1. The number of pyridine rings is 1. The van der Waals surface area contributed by atoms with Crippen LogP contribution in [0.15, 0.2) is 59.6 Å². The molecule has 0 fully saturated rings. The van der Waals surface area contributed by atoms with Crippen molar-refractivity contribution in [2.45, 2.75) is 4.90 Å². The average Bonchev–Trinajstić information content (AvgIpc) is 2.40. The van der Waals surface area contributed by atoms with Crippen LogP contribution in [0, 0.1) is 10.1 Å². The van der Waals surface area contributed by atoms with E-state index in [1.807, 2.05) is 0 Å². The zero-order valence-electron chi connectivity index (χ0n) is 9.58. The molecule has 98 valence electrons. The van der Waals surface area contributed by atoms with Gasteiger partial charge in [0, 0.05) is 10.6 Å². The van der Waals surface area contributed by atoms with E-state index in [2.05, 4.69) is 4.98 Å². The summed E-state index contributed by atoms with van der Waals surface area (Å²) in [6, 6.07) is 11.4. The van der Waals surface area contributed by atoms with Crippen molar-refractivity contribution in [2.24, 2.45) is 0 Å². The van der Waals surface area contributed by atoms with Crippen molar-refractivity contribution in [1.29, 1.82) is 0 Å². The van der Waals surface area contributed by atoms with Gasteiger partial charge in [0.1, 0.15) is 0 Å². The minimum atomic E-state index is -4.28. The molecule has 0 unspecified atom stereocenters. The SMILES string of the molecule is O=[N+]([O-])N(c1ccccn1)S(=O)(=O)c1ccccc1. The maximum atomic E-state index is 12.2. The lowest BCUT2D eigenvalue weighted by Crippen LogP contribution is -2.36. The Hall–Kier alpha value is -2.48. The summed E-state index contributed by atoms with van der Waals surface area (Å²) < 4.78 is 24.5. The number of hydrogen-bond donors (Lipinski definition) is 0. The zero-order valence-corrected chi connectivity index (χ0v) is 10.4. The summed E-state index contributed by atoms with van der Waals surface area (Å²) in [7, 11) is -4.28. The summed E-state index contributed by atoms with van der Waals surface area (Å²) in [6.45, 7) is 0. The van der Waals surface area contributed by atoms with Gasteiger partial charge in [0.05, 0.1) is 4.90 Å². The third kappa shape index (κ3) is 2.52. The van der Waals surface area contributed by atoms with Gasteiger partial charge in [-0.3, -0.25) is 0 Å². The average molecular weight is 279 g/mol. The fraction of sp³-hybridized carbons (Fsp3) is 0. The van der Waals surface area contributed by atoms with Crippen LogP contribution in [0.3, 0.4) is 0 Å². The van der Waals surface area contributed by atoms with Crippen molar-refractivity contribution in [3.8, 4) is 0 Å². The van der Waals surface area contributed by atoms with Crippen molar-refractivity contribution in [3.05, 3.63) is 64.8 Å². The summed E-state index contributed by atoms with van der Waals surface area (Å²) in [6.07, 6.45) is 1.28. The van der Waals surface area contributed by atoms with Crippen molar-refractivity contribution in [3.63, 3.8) is 0 Å². The molecule has 8 heteroatoms. The second-order valence-corrected chi connectivity index (χ2v) is 5.25. The van der Waals surface area contributed by atoms with Crippen LogP contribution in [0.5, 0.6) is 0 Å². The van der Waals surface area contributed by atoms with Gasteiger partial charge >= 0.3 is 10.0 Å². The molecule has 0 bridgehead atoms. The second-order valence-electron chi connectivity index (χ2n) is 3.49. The van der Waals surface area contributed by atoms with Crippen molar-refractivity contribution >= 4 is 15.8 Å². The van der Waals surface area contributed by atoms with Crippen molar-refractivity contribution in [1.82, 2.24) is 4.98 Å². The topological polar surface area (TPSA) is 93.4 Å². The van der Waals surface area contributed by atoms with Crippen molar-refractivity contribution in [2.75, 3.05) is 4.41 Å². The molecule has 0 saturated heterocycles. The maximum absolute atomic E-state index is 12.2. The summed E-state index contributed by atoms with van der Waals surface area (Å²) in [5, 5.41) is 10.0. The highest BCUT2D eigenvalue weighted by atomic mass is 32.2. The van der Waals surface area contributed by atoms with E-state index in [9.17, 15) is 18.5 Å². The molecule has 0 aliphatic rings. The van der Waals surface area contributed by atoms with Gasteiger partial charge in [-0.05, 0) is 24.3 Å². The van der Waals surface area contributed by atoms with Crippen molar-refractivity contribution < 1.29 is 13.5 Å². The fourth-order valence-corrected chi connectivity index (χ4v) is 2.68. The molecule has 19 heavy (non-hydrogen) atoms. The lowest BCUT2D eigenvalue weighted by molar-refractivity contribution is -0.474. The first kappa shape index (κ1) is 13.0. The Labute approximate surface area is 109 Å². The third-order valence-electron chi connectivity index (χ3n) is 2.26. The van der Waals surface area contributed by atoms with E-state index in [1.165, 1.54) is 48.7 Å². The Bertz CT molecular complexity index is 674.